The number of aliphatic carboxylic acids is 1. The molecule has 2 aromatic heterocycles. The van der Waals surface area contributed by atoms with Crippen molar-refractivity contribution in [3.63, 3.8) is 0 Å². The number of nitrogens with two attached hydrogens (primary N) is 1. The van der Waals surface area contributed by atoms with Crippen molar-refractivity contribution in [2.45, 2.75) is 22.7 Å². The fraction of sp³-hybridized carbons (Fsp3) is 0.438. The van der Waals surface area contributed by atoms with E-state index in [4.69, 9.17) is 10.5 Å². The van der Waals surface area contributed by atoms with Crippen LogP contribution in [0.15, 0.2) is 21.8 Å². The Hall–Kier alpha value is -1.69. The zero-order chi connectivity index (χ0) is 23.0. The number of methoxy groups -OCH3 is 1. The number of aryl methyl sites for hydroxylation is 1. The summed E-state index contributed by atoms with van der Waals surface area (Å²) in [7, 11) is 2.95. The van der Waals surface area contributed by atoms with Crippen LogP contribution < -0.4 is 45.7 Å². The number of rotatable bonds is 8. The van der Waals surface area contributed by atoms with Crippen LogP contribution in [0.25, 0.3) is 0 Å². The average Bonchev–Trinajstić information content (AvgIpc) is 3.36. The van der Waals surface area contributed by atoms with Gasteiger partial charge in [0.25, 0.3) is 11.6 Å². The molecular formula is C16H17N8NaO5S3. The summed E-state index contributed by atoms with van der Waals surface area (Å²) in [6.07, 6.45) is -0.0969. The Kier molecular flexibility index (Phi) is 8.08. The molecular weight excluding hydrogens is 503 g/mol. The van der Waals surface area contributed by atoms with Crippen LogP contribution in [0.5, 0.6) is 0 Å². The van der Waals surface area contributed by atoms with Gasteiger partial charge in [-0.15, -0.1) is 28.2 Å². The summed E-state index contributed by atoms with van der Waals surface area (Å²) in [5.41, 5.74) is 4.62. The Balaban J connectivity index is 0.00000306. The Bertz CT molecular complexity index is 1120. The number of nitrogens with one attached hydrogen (secondary N) is 1. The van der Waals surface area contributed by atoms with Crippen LogP contribution in [-0.2, 0) is 32.6 Å². The van der Waals surface area contributed by atoms with Gasteiger partial charge in [-0.25, -0.2) is 9.67 Å². The fourth-order valence-corrected chi connectivity index (χ4v) is 6.35. The number of aromatic nitrogens is 5. The third kappa shape index (κ3) is 4.78. The number of anilines is 1. The molecule has 3 N–H and O–H groups in total. The van der Waals surface area contributed by atoms with Gasteiger partial charge in [-0.3, -0.25) is 14.5 Å². The molecule has 4 rings (SSSR count). The standard InChI is InChI=1S/C16H18N8O5S3.Na/c1-23-15(20-21-22-23)32-5-7-4-30-13-16(29-2,12(28)24(13)10(7)11(26)27)19-9(25)3-8-6-31-14(17)18-8;/h6,13H,3-5H2,1-2H3,(H2,17,18)(H,19,25)(H,26,27);/q;+1/p-1/t13-,16+;/m1./s1. The molecule has 0 unspecified atom stereocenters. The zero-order valence-corrected chi connectivity index (χ0v) is 22.3. The van der Waals surface area contributed by atoms with Crippen LogP contribution in [-0.4, -0.2) is 77.6 Å². The molecule has 2 aliphatic rings. The smallest absolute Gasteiger partial charge is 0.543 e. The van der Waals surface area contributed by atoms with Gasteiger partial charge in [0.1, 0.15) is 5.37 Å². The number of amides is 2. The first-order valence-electron chi connectivity index (χ1n) is 9.06. The first-order chi connectivity index (χ1) is 15.3. The van der Waals surface area contributed by atoms with Crippen molar-refractivity contribution in [3.8, 4) is 0 Å². The summed E-state index contributed by atoms with van der Waals surface area (Å²) in [5, 5.41) is 27.3. The quantitative estimate of drug-likeness (QED) is 0.147. The average molecular weight is 521 g/mol. The number of carbonyl (C=O) groups excluding carboxylic acids is 3. The van der Waals surface area contributed by atoms with Crippen molar-refractivity contribution in [1.82, 2.24) is 35.4 Å². The molecule has 0 aliphatic carbocycles. The van der Waals surface area contributed by atoms with Gasteiger partial charge in [-0.2, -0.15) is 0 Å². The van der Waals surface area contributed by atoms with Crippen molar-refractivity contribution in [2.24, 2.45) is 7.05 Å². The van der Waals surface area contributed by atoms with Gasteiger partial charge < -0.3 is 25.7 Å². The predicted octanol–water partition coefficient (Wildman–Crippen LogP) is -5.03. The molecule has 2 atom stereocenters. The molecule has 13 nitrogen and oxygen atoms in total. The molecule has 1 fully saturated rings. The molecule has 0 bridgehead atoms. The van der Waals surface area contributed by atoms with Gasteiger partial charge in [0.15, 0.2) is 5.13 Å². The van der Waals surface area contributed by atoms with E-state index in [9.17, 15) is 19.5 Å². The van der Waals surface area contributed by atoms with E-state index in [1.54, 1.807) is 12.4 Å². The minimum Gasteiger partial charge on any atom is -0.543 e. The second-order valence-corrected chi connectivity index (χ2v) is 9.69. The summed E-state index contributed by atoms with van der Waals surface area (Å²) in [5.74, 6) is -2.13. The van der Waals surface area contributed by atoms with Crippen molar-refractivity contribution in [1.29, 1.82) is 0 Å². The molecule has 0 spiro atoms. The minimum atomic E-state index is -1.68. The number of fused-ring (bicyclic) bond motifs is 1. The number of thioether (sulfide) groups is 2. The number of β-lactam (4-membered cyclic amide) rings is 1. The molecule has 170 valence electrons. The molecule has 2 aliphatic heterocycles. The molecule has 0 aromatic carbocycles. The van der Waals surface area contributed by atoms with Crippen molar-refractivity contribution < 1.29 is 53.8 Å². The summed E-state index contributed by atoms with van der Waals surface area (Å²) in [6, 6.07) is 0. The van der Waals surface area contributed by atoms with E-state index in [1.165, 1.54) is 46.7 Å². The monoisotopic (exact) mass is 520 g/mol. The number of hydrogen-bond donors (Lipinski definition) is 2. The van der Waals surface area contributed by atoms with Crippen LogP contribution >= 0.6 is 34.9 Å². The van der Waals surface area contributed by atoms with Crippen molar-refractivity contribution in [3.05, 3.63) is 22.3 Å². The minimum absolute atomic E-state index is 0. The van der Waals surface area contributed by atoms with E-state index in [0.29, 0.717) is 27.3 Å². The SMILES string of the molecule is CO[C@@]1(NC(=O)Cc2csc(N)n2)C(=O)N2C(C(=O)[O-])=C(CSc3nnnn3C)CS[C@@H]21.[Na+]. The van der Waals surface area contributed by atoms with Crippen LogP contribution in [0.1, 0.15) is 5.69 Å². The molecule has 4 heterocycles. The topological polar surface area (TPSA) is 181 Å². The normalized spacial score (nSPS) is 21.8. The van der Waals surface area contributed by atoms with E-state index in [0.717, 1.165) is 4.90 Å². The van der Waals surface area contributed by atoms with Gasteiger partial charge in [0.2, 0.25) is 11.1 Å². The van der Waals surface area contributed by atoms with Crippen LogP contribution in [0.2, 0.25) is 0 Å². The van der Waals surface area contributed by atoms with Crippen molar-refractivity contribution in [2.75, 3.05) is 24.3 Å². The maximum absolute atomic E-state index is 13.1. The first-order valence-corrected chi connectivity index (χ1v) is 12.0. The Labute approximate surface area is 222 Å². The van der Waals surface area contributed by atoms with Gasteiger partial charge in [0.05, 0.1) is 23.8 Å². The molecule has 2 amide bonds. The third-order valence-corrected chi connectivity index (χ3v) is 8.01. The largest absolute Gasteiger partial charge is 1.00 e. The predicted molar refractivity (Wildman–Crippen MR) is 113 cm³/mol. The van der Waals surface area contributed by atoms with E-state index < -0.39 is 28.9 Å². The Morgan fingerprint density at radius 3 is 2.82 bits per heavy atom. The number of carboxylic acid groups (broad SMARTS) is 1. The fourth-order valence-electron chi connectivity index (χ4n) is 3.36. The number of nitrogens with zero attached hydrogens (tertiary/aromatic N) is 6. The number of hydrogen-bond acceptors (Lipinski definition) is 13. The second-order valence-electron chi connectivity index (χ2n) is 6.79. The van der Waals surface area contributed by atoms with Crippen molar-refractivity contribution >= 4 is 57.8 Å². The number of ether oxygens (including phenoxy) is 1. The second kappa shape index (κ2) is 10.3. The number of thiazole rings is 1. The molecule has 2 aromatic rings. The molecule has 0 radical (unpaired) electrons. The van der Waals surface area contributed by atoms with E-state index in [2.05, 4.69) is 25.8 Å². The number of nitrogen functional groups attached to an aromatic ring is 1. The summed E-state index contributed by atoms with van der Waals surface area (Å²) in [4.78, 5) is 42.6. The first kappa shape index (κ1) is 25.9. The van der Waals surface area contributed by atoms with Gasteiger partial charge in [0, 0.05) is 31.0 Å². The Morgan fingerprint density at radius 1 is 1.48 bits per heavy atom. The number of carbonyl (C=O) groups is 3. The van der Waals surface area contributed by atoms with E-state index in [1.807, 2.05) is 0 Å². The van der Waals surface area contributed by atoms with Gasteiger partial charge in [-0.05, 0) is 16.0 Å². The molecule has 1 saturated heterocycles. The van der Waals surface area contributed by atoms with Crippen LogP contribution in [0, 0.1) is 0 Å². The number of carboxylic acids is 1. The van der Waals surface area contributed by atoms with Crippen LogP contribution in [0.3, 0.4) is 0 Å². The summed E-state index contributed by atoms with van der Waals surface area (Å²) >= 11 is 3.72. The maximum atomic E-state index is 13.1. The summed E-state index contributed by atoms with van der Waals surface area (Å²) in [6.45, 7) is 0. The number of tetrazole rings is 1. The van der Waals surface area contributed by atoms with Gasteiger partial charge >= 0.3 is 29.6 Å². The molecule has 33 heavy (non-hydrogen) atoms. The van der Waals surface area contributed by atoms with Crippen LogP contribution in [0.4, 0.5) is 5.13 Å². The Morgan fingerprint density at radius 2 is 2.24 bits per heavy atom. The third-order valence-electron chi connectivity index (χ3n) is 4.82. The maximum Gasteiger partial charge on any atom is 1.00 e. The zero-order valence-electron chi connectivity index (χ0n) is 17.8. The van der Waals surface area contributed by atoms with Gasteiger partial charge in [-0.1, -0.05) is 11.8 Å². The van der Waals surface area contributed by atoms with E-state index >= 15 is 0 Å². The molecule has 0 saturated carbocycles. The summed E-state index contributed by atoms with van der Waals surface area (Å²) < 4.78 is 6.87. The van der Waals surface area contributed by atoms with E-state index in [-0.39, 0.29) is 47.4 Å². The molecule has 17 heteroatoms.